The van der Waals surface area contributed by atoms with Crippen molar-refractivity contribution >= 4 is 51.7 Å². The van der Waals surface area contributed by atoms with E-state index in [0.717, 1.165) is 24.3 Å². The number of anilines is 2. The first-order chi connectivity index (χ1) is 14.4. The van der Waals surface area contributed by atoms with Gasteiger partial charge in [0.2, 0.25) is 0 Å². The number of carbonyl (C=O) groups excluding carboxylic acids is 1. The maximum Gasteiger partial charge on any atom is 0.412 e. The fourth-order valence-electron chi connectivity index (χ4n) is 2.77. The van der Waals surface area contributed by atoms with Crippen LogP contribution in [0.2, 0.25) is 0 Å². The zero-order chi connectivity index (χ0) is 22.9. The van der Waals surface area contributed by atoms with E-state index >= 15 is 0 Å². The quantitative estimate of drug-likeness (QED) is 0.247. The number of H-pyrrole nitrogens is 2. The van der Waals surface area contributed by atoms with Crippen molar-refractivity contribution in [2.75, 3.05) is 11.1 Å². The van der Waals surface area contributed by atoms with E-state index in [1.807, 2.05) is 0 Å². The van der Waals surface area contributed by atoms with Gasteiger partial charge in [0.1, 0.15) is 5.60 Å². The molecule has 2 aromatic heterocycles. The second kappa shape index (κ2) is 9.39. The molecule has 2 aromatic carbocycles. The van der Waals surface area contributed by atoms with Crippen LogP contribution in [0.25, 0.3) is 21.8 Å². The molecular formula is C21H21ClF4N4O2. The van der Waals surface area contributed by atoms with Gasteiger partial charge in [-0.1, -0.05) is 0 Å². The molecule has 11 heteroatoms. The number of benzene rings is 2. The second-order valence-electron chi connectivity index (χ2n) is 7.70. The number of aromatic amines is 2. The number of nitrogen functional groups attached to an aromatic ring is 1. The van der Waals surface area contributed by atoms with Gasteiger partial charge in [-0.15, -0.1) is 12.4 Å². The predicted molar refractivity (Wildman–Crippen MR) is 118 cm³/mol. The summed E-state index contributed by atoms with van der Waals surface area (Å²) < 4.78 is 56.6. The van der Waals surface area contributed by atoms with Crippen LogP contribution in [-0.2, 0) is 4.74 Å². The van der Waals surface area contributed by atoms with E-state index in [1.54, 1.807) is 20.8 Å². The first-order valence-electron chi connectivity index (χ1n) is 9.12. The minimum absolute atomic E-state index is 0. The molecule has 6 nitrogen and oxygen atoms in total. The molecule has 32 heavy (non-hydrogen) atoms. The molecule has 0 saturated heterocycles. The molecule has 0 unspecified atom stereocenters. The lowest BCUT2D eigenvalue weighted by Crippen LogP contribution is -2.27. The Kier molecular flexibility index (Phi) is 7.30. The SMILES string of the molecule is CC(C)(C)OC(=O)Nc1c[nH]c2cc(F)c(F)cc12.Cl.Nc1c[nH]c2cc(F)c(F)cc12. The summed E-state index contributed by atoms with van der Waals surface area (Å²) in [6, 6.07) is 4.22. The van der Waals surface area contributed by atoms with Crippen molar-refractivity contribution in [1.29, 1.82) is 0 Å². The number of aromatic nitrogens is 2. The van der Waals surface area contributed by atoms with Crippen molar-refractivity contribution in [3.63, 3.8) is 0 Å². The number of ether oxygens (including phenoxy) is 1. The van der Waals surface area contributed by atoms with E-state index in [-0.39, 0.29) is 12.4 Å². The van der Waals surface area contributed by atoms with E-state index in [9.17, 15) is 22.4 Å². The number of hydrogen-bond donors (Lipinski definition) is 4. The van der Waals surface area contributed by atoms with E-state index in [1.165, 1.54) is 12.4 Å². The highest BCUT2D eigenvalue weighted by atomic mass is 35.5. The molecule has 1 amide bonds. The van der Waals surface area contributed by atoms with Gasteiger partial charge in [-0.05, 0) is 32.9 Å². The zero-order valence-electron chi connectivity index (χ0n) is 17.3. The highest BCUT2D eigenvalue weighted by molar-refractivity contribution is 5.99. The molecule has 4 rings (SSSR count). The Morgan fingerprint density at radius 1 is 0.875 bits per heavy atom. The molecule has 5 N–H and O–H groups in total. The molecule has 0 bridgehead atoms. The highest BCUT2D eigenvalue weighted by Crippen LogP contribution is 2.26. The second-order valence-corrected chi connectivity index (χ2v) is 7.70. The van der Waals surface area contributed by atoms with Crippen LogP contribution >= 0.6 is 12.4 Å². The Morgan fingerprint density at radius 3 is 1.91 bits per heavy atom. The molecule has 172 valence electrons. The standard InChI is InChI=1S/C13H14F2N2O2.C8H6F2N2.ClH/c1-13(2,3)19-12(18)17-11-6-16-10-5-9(15)8(14)4-7(10)11;9-5-1-4-7(11)3-12-8(4)2-6(5)10;/h4-6,16H,1-3H3,(H,17,18);1-3,12H,11H2;1H. The molecule has 0 saturated carbocycles. The molecule has 2 heterocycles. The fraction of sp³-hybridized carbons (Fsp3) is 0.190. The third-order valence-electron chi connectivity index (χ3n) is 4.11. The minimum Gasteiger partial charge on any atom is -0.444 e. The lowest BCUT2D eigenvalue weighted by atomic mass is 10.2. The van der Waals surface area contributed by atoms with Gasteiger partial charge >= 0.3 is 6.09 Å². The third kappa shape index (κ3) is 5.64. The summed E-state index contributed by atoms with van der Waals surface area (Å²) >= 11 is 0. The summed E-state index contributed by atoms with van der Waals surface area (Å²) in [5, 5.41) is 3.37. The van der Waals surface area contributed by atoms with Gasteiger partial charge < -0.3 is 20.4 Å². The van der Waals surface area contributed by atoms with Crippen LogP contribution in [0.5, 0.6) is 0 Å². The molecule has 0 atom stereocenters. The van der Waals surface area contributed by atoms with Gasteiger partial charge in [-0.25, -0.2) is 22.4 Å². The van der Waals surface area contributed by atoms with Crippen LogP contribution in [-0.4, -0.2) is 21.7 Å². The smallest absolute Gasteiger partial charge is 0.412 e. The van der Waals surface area contributed by atoms with Gasteiger partial charge in [0.15, 0.2) is 23.3 Å². The highest BCUT2D eigenvalue weighted by Gasteiger charge is 2.18. The van der Waals surface area contributed by atoms with Crippen molar-refractivity contribution in [2.45, 2.75) is 26.4 Å². The van der Waals surface area contributed by atoms with Crippen LogP contribution in [0, 0.1) is 23.3 Å². The summed E-state index contributed by atoms with van der Waals surface area (Å²) in [5.74, 6) is -3.67. The van der Waals surface area contributed by atoms with E-state index < -0.39 is 35.0 Å². The van der Waals surface area contributed by atoms with Gasteiger partial charge in [0, 0.05) is 35.3 Å². The van der Waals surface area contributed by atoms with Crippen molar-refractivity contribution in [3.05, 3.63) is 59.9 Å². The molecular weight excluding hydrogens is 452 g/mol. The molecule has 4 aromatic rings. The summed E-state index contributed by atoms with van der Waals surface area (Å²) in [6.45, 7) is 5.20. The lowest BCUT2D eigenvalue weighted by molar-refractivity contribution is 0.0636. The van der Waals surface area contributed by atoms with Crippen LogP contribution < -0.4 is 11.1 Å². The summed E-state index contributed by atoms with van der Waals surface area (Å²) in [4.78, 5) is 17.1. The lowest BCUT2D eigenvalue weighted by Gasteiger charge is -2.19. The first-order valence-corrected chi connectivity index (χ1v) is 9.12. The first kappa shape index (κ1) is 24.9. The van der Waals surface area contributed by atoms with Crippen molar-refractivity contribution in [3.8, 4) is 0 Å². The maximum absolute atomic E-state index is 13.2. The fourth-order valence-corrected chi connectivity index (χ4v) is 2.77. The number of nitrogens with two attached hydrogens (primary N) is 1. The zero-order valence-corrected chi connectivity index (χ0v) is 18.1. The number of carbonyl (C=O) groups is 1. The summed E-state index contributed by atoms with van der Waals surface area (Å²) in [6.07, 6.45) is 2.30. The number of halogens is 5. The topological polar surface area (TPSA) is 95.9 Å². The van der Waals surface area contributed by atoms with Gasteiger partial charge in [-0.3, -0.25) is 5.32 Å². The van der Waals surface area contributed by atoms with Crippen LogP contribution in [0.4, 0.5) is 33.7 Å². The number of hydrogen-bond acceptors (Lipinski definition) is 3. The minimum atomic E-state index is -0.973. The van der Waals surface area contributed by atoms with E-state index in [4.69, 9.17) is 10.5 Å². The Hall–Kier alpha value is -3.40. The monoisotopic (exact) mass is 472 g/mol. The molecule has 0 radical (unpaired) electrons. The van der Waals surface area contributed by atoms with Crippen LogP contribution in [0.15, 0.2) is 36.7 Å². The summed E-state index contributed by atoms with van der Waals surface area (Å²) in [5.41, 5.74) is 6.50. The Labute approximate surface area is 186 Å². The Balaban J connectivity index is 0.000000241. The van der Waals surface area contributed by atoms with Crippen molar-refractivity contribution < 1.29 is 27.1 Å². The normalized spacial score (nSPS) is 11.0. The largest absolute Gasteiger partial charge is 0.444 e. The molecule has 0 spiro atoms. The van der Waals surface area contributed by atoms with E-state index in [2.05, 4.69) is 15.3 Å². The molecule has 0 aliphatic rings. The molecule has 0 aliphatic heterocycles. The van der Waals surface area contributed by atoms with Gasteiger partial charge in [0.05, 0.1) is 22.4 Å². The van der Waals surface area contributed by atoms with Crippen LogP contribution in [0.3, 0.4) is 0 Å². The van der Waals surface area contributed by atoms with Gasteiger partial charge in [0.25, 0.3) is 0 Å². The van der Waals surface area contributed by atoms with Crippen molar-refractivity contribution in [2.24, 2.45) is 0 Å². The number of fused-ring (bicyclic) bond motifs is 2. The van der Waals surface area contributed by atoms with Crippen LogP contribution in [0.1, 0.15) is 20.8 Å². The maximum atomic E-state index is 13.2. The molecule has 0 aliphatic carbocycles. The average molecular weight is 473 g/mol. The number of nitrogens with one attached hydrogen (secondary N) is 3. The van der Waals surface area contributed by atoms with E-state index in [0.29, 0.717) is 33.2 Å². The summed E-state index contributed by atoms with van der Waals surface area (Å²) in [7, 11) is 0. The number of amides is 1. The Bertz CT molecular complexity index is 1260. The molecule has 0 fully saturated rings. The van der Waals surface area contributed by atoms with Gasteiger partial charge in [-0.2, -0.15) is 0 Å². The third-order valence-corrected chi connectivity index (χ3v) is 4.11. The number of rotatable bonds is 1. The Morgan fingerprint density at radius 2 is 1.34 bits per heavy atom. The average Bonchev–Trinajstić information content (AvgIpc) is 3.19. The van der Waals surface area contributed by atoms with Crippen molar-refractivity contribution in [1.82, 2.24) is 9.97 Å². The predicted octanol–water partition coefficient (Wildman–Crippen LogP) is 6.24.